The van der Waals surface area contributed by atoms with Gasteiger partial charge in [0, 0.05) is 0 Å². The maximum atomic E-state index is 9.04. The molecule has 0 aromatic heterocycles. The number of thiol groups is 1. The van der Waals surface area contributed by atoms with Crippen molar-refractivity contribution >= 4 is 29.7 Å². The molecule has 6 heteroatoms. The molecule has 0 aliphatic rings. The topological polar surface area (TPSA) is 29.5 Å². The van der Waals surface area contributed by atoms with Crippen LogP contribution in [0.1, 0.15) is 78.1 Å². The van der Waals surface area contributed by atoms with E-state index in [-0.39, 0.29) is 17.1 Å². The molecule has 148 valence electrons. The minimum atomic E-state index is -2.86. The number of benzene rings is 1. The molecular weight excluding hydrogens is 433 g/mol. The second kappa shape index (κ2) is 18.9. The molecule has 1 N–H and O–H groups in total. The Labute approximate surface area is 179 Å². The second-order valence-electron chi connectivity index (χ2n) is 6.78. The molecule has 1 unspecified atom stereocenters. The van der Waals surface area contributed by atoms with Crippen LogP contribution in [-0.2, 0) is 28.9 Å². The first kappa shape index (κ1) is 26.6. The Morgan fingerprint density at radius 2 is 1.35 bits per heavy atom. The fraction of sp³-hybridized carbons (Fsp3) is 0.700. The van der Waals surface area contributed by atoms with Crippen LogP contribution < -0.4 is 4.52 Å². The summed E-state index contributed by atoms with van der Waals surface area (Å²) in [6.07, 6.45) is 14.9. The minimum absolute atomic E-state index is 0.0568. The van der Waals surface area contributed by atoms with Crippen LogP contribution in [0.5, 0.6) is 5.75 Å². The van der Waals surface area contributed by atoms with Gasteiger partial charge in [0.1, 0.15) is 5.75 Å². The summed E-state index contributed by atoms with van der Waals surface area (Å²) in [5.74, 6) is 0.549. The molecule has 26 heavy (non-hydrogen) atoms. The molecule has 2 nitrogen and oxygen atoms in total. The van der Waals surface area contributed by atoms with Crippen LogP contribution >= 0.6 is 17.9 Å². The van der Waals surface area contributed by atoms with Crippen molar-refractivity contribution in [2.45, 2.75) is 88.1 Å². The van der Waals surface area contributed by atoms with Gasteiger partial charge in [-0.15, -0.1) is 0 Å². The summed E-state index contributed by atoms with van der Waals surface area (Å²) in [5, 5.41) is 3.34. The SMILES string of the molecule is CCCCCC[CH2][Zn][CH2]CCCCCC.OP(=S)(S)Oc1ccccc1. The third-order valence-corrected chi connectivity index (χ3v) is 9.29. The van der Waals surface area contributed by atoms with Crippen LogP contribution in [0.25, 0.3) is 0 Å². The van der Waals surface area contributed by atoms with Gasteiger partial charge < -0.3 is 9.42 Å². The zero-order chi connectivity index (χ0) is 19.5. The molecule has 1 aromatic carbocycles. The van der Waals surface area contributed by atoms with Crippen molar-refractivity contribution in [3.05, 3.63) is 30.3 Å². The Morgan fingerprint density at radius 1 is 0.885 bits per heavy atom. The van der Waals surface area contributed by atoms with E-state index in [2.05, 4.69) is 37.9 Å². The van der Waals surface area contributed by atoms with Crippen LogP contribution in [0.15, 0.2) is 30.3 Å². The molecule has 0 aliphatic heterocycles. The smallest absolute Gasteiger partial charge is 0.291 e. The van der Waals surface area contributed by atoms with Crippen molar-refractivity contribution in [3.8, 4) is 5.75 Å². The molecule has 0 amide bonds. The summed E-state index contributed by atoms with van der Waals surface area (Å²) in [6, 6.07) is 8.88. The van der Waals surface area contributed by atoms with Crippen molar-refractivity contribution in [2.75, 3.05) is 0 Å². The standard InChI is InChI=1S/2C7H15.C6H7O2PS2.Zn/c2*1-3-5-7-6-4-2;7-9(10,11)8-6-4-2-1-3-5-6;/h2*1,3-7H2,2H3;1-5H,(H2,7,10,11);. The van der Waals surface area contributed by atoms with Crippen LogP contribution in [-0.4, -0.2) is 4.89 Å². The van der Waals surface area contributed by atoms with Crippen LogP contribution in [0.2, 0.25) is 10.0 Å². The van der Waals surface area contributed by atoms with E-state index in [0.717, 1.165) is 0 Å². The van der Waals surface area contributed by atoms with Gasteiger partial charge in [-0.25, -0.2) is 0 Å². The summed E-state index contributed by atoms with van der Waals surface area (Å²) < 4.78 is 4.95. The van der Waals surface area contributed by atoms with Gasteiger partial charge in [-0.3, -0.25) is 0 Å². The summed E-state index contributed by atoms with van der Waals surface area (Å²) >= 11 is 8.24. The van der Waals surface area contributed by atoms with Gasteiger partial charge in [-0.2, -0.15) is 0 Å². The first-order chi connectivity index (χ1) is 12.5. The van der Waals surface area contributed by atoms with E-state index in [9.17, 15) is 0 Å². The maximum absolute atomic E-state index is 9.04. The molecule has 1 rings (SSSR count). The first-order valence-electron chi connectivity index (χ1n) is 10.3. The monoisotopic (exact) mass is 468 g/mol. The Balaban J connectivity index is 0.000000502. The number of hydrogen-bond acceptors (Lipinski definition) is 2. The molecule has 0 heterocycles. The second-order valence-corrected chi connectivity index (χ2v) is 16.3. The van der Waals surface area contributed by atoms with E-state index >= 15 is 0 Å². The predicted molar refractivity (Wildman–Crippen MR) is 120 cm³/mol. The largest absolute Gasteiger partial charge is 0.436 e. The summed E-state index contributed by atoms with van der Waals surface area (Å²) in [7, 11) is 0. The van der Waals surface area contributed by atoms with E-state index in [1.165, 1.54) is 51.4 Å². The van der Waals surface area contributed by atoms with Gasteiger partial charge in [0.2, 0.25) is 0 Å². The third-order valence-electron chi connectivity index (χ3n) is 4.17. The molecule has 0 aliphatic carbocycles. The van der Waals surface area contributed by atoms with Crippen molar-refractivity contribution in [1.82, 2.24) is 0 Å². The maximum Gasteiger partial charge on any atom is 0.291 e. The van der Waals surface area contributed by atoms with Gasteiger partial charge >= 0.3 is 105 Å². The summed E-state index contributed by atoms with van der Waals surface area (Å²) in [6.45, 7) is 4.60. The summed E-state index contributed by atoms with van der Waals surface area (Å²) in [4.78, 5) is 9.04. The molecule has 0 radical (unpaired) electrons. The van der Waals surface area contributed by atoms with E-state index in [1.54, 1.807) is 47.1 Å². The number of unbranched alkanes of at least 4 members (excludes halogenated alkanes) is 8. The molecule has 0 saturated heterocycles. The van der Waals surface area contributed by atoms with Gasteiger partial charge in [0.05, 0.1) is 0 Å². The Bertz CT molecular complexity index is 442. The minimum Gasteiger partial charge on any atom is -0.436 e. The Morgan fingerprint density at radius 3 is 1.77 bits per heavy atom. The van der Waals surface area contributed by atoms with E-state index < -0.39 is 5.69 Å². The number of hydrogen-bond donors (Lipinski definition) is 2. The third kappa shape index (κ3) is 20.9. The van der Waals surface area contributed by atoms with Crippen LogP contribution in [0, 0.1) is 0 Å². The van der Waals surface area contributed by atoms with Crippen molar-refractivity contribution in [2.24, 2.45) is 0 Å². The zero-order valence-electron chi connectivity index (χ0n) is 16.7. The number of rotatable bonds is 14. The van der Waals surface area contributed by atoms with Gasteiger partial charge in [0.15, 0.2) is 0 Å². The van der Waals surface area contributed by atoms with Crippen LogP contribution in [0.3, 0.4) is 0 Å². The van der Waals surface area contributed by atoms with E-state index in [1.807, 2.05) is 6.07 Å². The van der Waals surface area contributed by atoms with Gasteiger partial charge in [-0.1, -0.05) is 30.4 Å². The van der Waals surface area contributed by atoms with E-state index in [4.69, 9.17) is 9.42 Å². The summed E-state index contributed by atoms with van der Waals surface area (Å²) in [5.41, 5.74) is -2.86. The molecule has 0 spiro atoms. The molecule has 0 bridgehead atoms. The van der Waals surface area contributed by atoms with Crippen molar-refractivity contribution in [1.29, 1.82) is 0 Å². The Kier molecular flexibility index (Phi) is 19.4. The molecule has 0 fully saturated rings. The van der Waals surface area contributed by atoms with Crippen molar-refractivity contribution < 1.29 is 26.5 Å². The predicted octanol–water partition coefficient (Wildman–Crippen LogP) is 8.06. The normalized spacial score (nSPS) is 12.5. The molecule has 1 atom stereocenters. The van der Waals surface area contributed by atoms with Gasteiger partial charge in [0.25, 0.3) is 5.69 Å². The van der Waals surface area contributed by atoms with Crippen LogP contribution in [0.4, 0.5) is 0 Å². The van der Waals surface area contributed by atoms with Gasteiger partial charge in [-0.05, 0) is 23.9 Å². The Hall–Kier alpha value is 0.603. The van der Waals surface area contributed by atoms with E-state index in [0.29, 0.717) is 5.75 Å². The molecular formula is C20H37O2PS2Zn. The number of para-hydroxylation sites is 1. The van der Waals surface area contributed by atoms with Crippen molar-refractivity contribution in [3.63, 3.8) is 0 Å². The fourth-order valence-corrected chi connectivity index (χ4v) is 7.36. The zero-order valence-corrected chi connectivity index (χ0v) is 22.3. The quantitative estimate of drug-likeness (QED) is 0.125. The average Bonchev–Trinajstić information content (AvgIpc) is 2.60. The molecule has 1 aromatic rings. The molecule has 0 saturated carbocycles. The first-order valence-corrected chi connectivity index (χ1v) is 18.3. The average molecular weight is 470 g/mol. The fourth-order valence-electron chi connectivity index (χ4n) is 2.71.